The van der Waals surface area contributed by atoms with Gasteiger partial charge in [0.25, 0.3) is 5.91 Å². The van der Waals surface area contributed by atoms with E-state index in [0.29, 0.717) is 49.0 Å². The second-order valence-electron chi connectivity index (χ2n) is 9.60. The molecule has 5 rings (SSSR count). The molecule has 0 radical (unpaired) electrons. The van der Waals surface area contributed by atoms with Crippen molar-refractivity contribution in [2.24, 2.45) is 0 Å². The molecular weight excluding hydrogens is 593 g/mol. The molecular formula is C26H26ClF3N10O3. The molecule has 226 valence electrons. The molecule has 17 heteroatoms. The minimum atomic E-state index is -4.70. The maximum absolute atomic E-state index is 13.6. The van der Waals surface area contributed by atoms with Gasteiger partial charge in [0.05, 0.1) is 30.2 Å². The van der Waals surface area contributed by atoms with Crippen molar-refractivity contribution in [3.8, 4) is 28.7 Å². The second kappa shape index (κ2) is 12.8. The van der Waals surface area contributed by atoms with Gasteiger partial charge in [-0.15, -0.1) is 0 Å². The predicted molar refractivity (Wildman–Crippen MR) is 148 cm³/mol. The topological polar surface area (TPSA) is 157 Å². The van der Waals surface area contributed by atoms with Crippen molar-refractivity contribution in [2.75, 3.05) is 31.0 Å². The zero-order valence-corrected chi connectivity index (χ0v) is 23.7. The highest BCUT2D eigenvalue weighted by Gasteiger charge is 2.37. The Balaban J connectivity index is 1.29. The molecule has 0 aliphatic heterocycles. The second-order valence-corrected chi connectivity index (χ2v) is 10.0. The number of rotatable bonds is 9. The number of H-pyrrole nitrogens is 1. The number of hydrogen-bond acceptors (Lipinski definition) is 11. The van der Waals surface area contributed by atoms with Gasteiger partial charge in [-0.2, -0.15) is 18.3 Å². The molecule has 1 aliphatic carbocycles. The van der Waals surface area contributed by atoms with Crippen LogP contribution in [0.15, 0.2) is 37.2 Å². The Morgan fingerprint density at radius 1 is 1.02 bits per heavy atom. The highest BCUT2D eigenvalue weighted by atomic mass is 35.5. The summed E-state index contributed by atoms with van der Waals surface area (Å²) in [6, 6.07) is -0.141. The smallest absolute Gasteiger partial charge is 0.420 e. The van der Waals surface area contributed by atoms with Gasteiger partial charge in [0.15, 0.2) is 5.82 Å². The number of nitrogens with one attached hydrogen (secondary N) is 2. The molecule has 0 unspecified atom stereocenters. The van der Waals surface area contributed by atoms with Crippen molar-refractivity contribution >= 4 is 29.3 Å². The first-order valence-corrected chi connectivity index (χ1v) is 13.5. The average molecular weight is 619 g/mol. The Hall–Kier alpha value is -4.44. The van der Waals surface area contributed by atoms with Crippen LogP contribution in [0.3, 0.4) is 0 Å². The zero-order valence-electron chi connectivity index (χ0n) is 23.0. The summed E-state index contributed by atoms with van der Waals surface area (Å²) in [5.41, 5.74) is -0.448. The highest BCUT2D eigenvalue weighted by molar-refractivity contribution is 6.32. The van der Waals surface area contributed by atoms with Crippen LogP contribution in [-0.4, -0.2) is 78.9 Å². The van der Waals surface area contributed by atoms with Crippen LogP contribution < -0.4 is 15.0 Å². The maximum Gasteiger partial charge on any atom is 0.420 e. The van der Waals surface area contributed by atoms with Crippen LogP contribution in [0.2, 0.25) is 5.02 Å². The Kier molecular flexibility index (Phi) is 8.96. The Morgan fingerprint density at radius 3 is 2.35 bits per heavy atom. The van der Waals surface area contributed by atoms with E-state index in [-0.39, 0.29) is 47.3 Å². The molecule has 1 fully saturated rings. The summed E-state index contributed by atoms with van der Waals surface area (Å²) < 4.78 is 51.0. The van der Waals surface area contributed by atoms with Gasteiger partial charge in [-0.25, -0.2) is 24.9 Å². The zero-order chi connectivity index (χ0) is 30.6. The van der Waals surface area contributed by atoms with E-state index in [9.17, 15) is 18.0 Å². The third-order valence-corrected chi connectivity index (χ3v) is 7.12. The number of halogens is 4. The Labute approximate surface area is 248 Å². The van der Waals surface area contributed by atoms with Gasteiger partial charge >= 0.3 is 12.2 Å². The van der Waals surface area contributed by atoms with E-state index in [1.165, 1.54) is 32.8 Å². The van der Waals surface area contributed by atoms with Crippen LogP contribution >= 0.6 is 11.6 Å². The fourth-order valence-electron chi connectivity index (χ4n) is 4.80. The van der Waals surface area contributed by atoms with Crippen molar-refractivity contribution < 1.29 is 27.4 Å². The molecule has 0 saturated heterocycles. The van der Waals surface area contributed by atoms with Crippen LogP contribution in [0.25, 0.3) is 22.6 Å². The first kappa shape index (κ1) is 30.0. The first-order chi connectivity index (χ1) is 20.7. The lowest BCUT2D eigenvalue weighted by molar-refractivity contribution is -0.137. The minimum Gasteiger partial charge on any atom is -0.467 e. The van der Waals surface area contributed by atoms with E-state index in [4.69, 9.17) is 21.1 Å². The number of anilines is 2. The summed E-state index contributed by atoms with van der Waals surface area (Å²) in [6.45, 7) is -0.147. The highest BCUT2D eigenvalue weighted by Crippen LogP contribution is 2.38. The van der Waals surface area contributed by atoms with E-state index >= 15 is 0 Å². The van der Waals surface area contributed by atoms with Crippen LogP contribution in [-0.2, 0) is 15.7 Å². The van der Waals surface area contributed by atoms with Crippen LogP contribution in [0.5, 0.6) is 6.01 Å². The number of carbonyl (C=O) groups is 1. The summed E-state index contributed by atoms with van der Waals surface area (Å²) in [5.74, 6) is 0.102. The van der Waals surface area contributed by atoms with E-state index in [0.717, 1.165) is 0 Å². The number of ether oxygens (including phenoxy) is 2. The molecule has 43 heavy (non-hydrogen) atoms. The lowest BCUT2D eigenvalue weighted by atomic mass is 9.90. The molecule has 0 spiro atoms. The maximum atomic E-state index is 13.6. The number of hydrogen-bond donors (Lipinski definition) is 2. The van der Waals surface area contributed by atoms with E-state index < -0.39 is 17.4 Å². The molecule has 4 aromatic heterocycles. The third-order valence-electron chi connectivity index (χ3n) is 6.84. The Morgan fingerprint density at radius 2 is 1.77 bits per heavy atom. The van der Waals surface area contributed by atoms with E-state index in [1.54, 1.807) is 17.3 Å². The number of carbonyl (C=O) groups excluding carboxylic acids is 1. The number of methoxy groups -OCH3 is 2. The number of alkyl halides is 3. The molecule has 13 nitrogen and oxygen atoms in total. The Bertz CT molecular complexity index is 1550. The molecule has 0 atom stereocenters. The van der Waals surface area contributed by atoms with Crippen molar-refractivity contribution in [1.82, 2.24) is 40.1 Å². The number of aromatic nitrogens is 8. The summed E-state index contributed by atoms with van der Waals surface area (Å²) >= 11 is 6.03. The van der Waals surface area contributed by atoms with Crippen molar-refractivity contribution in [3.63, 3.8) is 0 Å². The molecule has 1 amide bonds. The number of nitrogens with zero attached hydrogens (tertiary/aromatic N) is 8. The molecule has 4 heterocycles. The normalized spacial score (nSPS) is 17.0. The minimum absolute atomic E-state index is 0.00457. The van der Waals surface area contributed by atoms with Crippen LogP contribution in [0, 0.1) is 0 Å². The van der Waals surface area contributed by atoms with Crippen molar-refractivity contribution in [1.29, 1.82) is 0 Å². The van der Waals surface area contributed by atoms with Gasteiger partial charge in [0.1, 0.15) is 23.6 Å². The van der Waals surface area contributed by atoms with Gasteiger partial charge in [-0.05, 0) is 25.7 Å². The molecule has 0 bridgehead atoms. The van der Waals surface area contributed by atoms with E-state index in [1.807, 2.05) is 0 Å². The fraction of sp³-hybridized carbons (Fsp3) is 0.385. The van der Waals surface area contributed by atoms with Crippen molar-refractivity contribution in [2.45, 2.75) is 43.9 Å². The quantitative estimate of drug-likeness (QED) is 0.277. The fourth-order valence-corrected chi connectivity index (χ4v) is 4.98. The van der Waals surface area contributed by atoms with Crippen LogP contribution in [0.1, 0.15) is 31.2 Å². The van der Waals surface area contributed by atoms with Crippen LogP contribution in [0.4, 0.5) is 24.9 Å². The first-order valence-electron chi connectivity index (χ1n) is 13.1. The van der Waals surface area contributed by atoms with Gasteiger partial charge < -0.3 is 14.8 Å². The summed E-state index contributed by atoms with van der Waals surface area (Å²) in [4.78, 5) is 39.7. The third kappa shape index (κ3) is 6.80. The molecule has 0 aromatic carbocycles. The predicted octanol–water partition coefficient (Wildman–Crippen LogP) is 4.20. The molecule has 4 aromatic rings. The molecule has 1 saturated carbocycles. The summed E-state index contributed by atoms with van der Waals surface area (Å²) in [6.07, 6.45) is 5.76. The largest absolute Gasteiger partial charge is 0.467 e. The SMILES string of the molecule is COCC(=O)N(c1cnc(-c2cnc(OC)nc2)cn1)C1CCC(Nc2ncc(C(F)(F)F)c(-c3n[nH]cc3Cl)n2)CC1. The monoisotopic (exact) mass is 618 g/mol. The summed E-state index contributed by atoms with van der Waals surface area (Å²) in [5, 5.41) is 9.40. The lowest BCUT2D eigenvalue weighted by Crippen LogP contribution is -2.46. The molecule has 1 aliphatic rings. The van der Waals surface area contributed by atoms with Gasteiger partial charge in [-0.1, -0.05) is 11.6 Å². The van der Waals surface area contributed by atoms with Gasteiger partial charge in [-0.3, -0.25) is 19.8 Å². The number of aromatic amines is 1. The lowest BCUT2D eigenvalue weighted by Gasteiger charge is -2.36. The van der Waals surface area contributed by atoms with Gasteiger partial charge in [0.2, 0.25) is 5.95 Å². The summed E-state index contributed by atoms with van der Waals surface area (Å²) in [7, 11) is 2.90. The van der Waals surface area contributed by atoms with Gasteiger partial charge in [0, 0.05) is 49.5 Å². The average Bonchev–Trinajstić information content (AvgIpc) is 3.44. The molecule has 2 N–H and O–H groups in total. The number of amides is 1. The standard InChI is InChI=1S/C26H26ClF3N10O3/c1-42-13-21(41)40(20-12-31-19(11-32-20)14-7-34-25(43-2)35-8-14)16-5-3-15(4-6-16)37-24-33-9-17(26(28,29)30)22(38-24)23-18(27)10-36-39-23/h7-12,15-16H,3-6,13H2,1-2H3,(H,36,39)(H,33,37,38). The van der Waals surface area contributed by atoms with E-state index in [2.05, 4.69) is 45.4 Å². The van der Waals surface area contributed by atoms with Crippen molar-refractivity contribution in [3.05, 3.63) is 47.8 Å².